The van der Waals surface area contributed by atoms with E-state index in [2.05, 4.69) is 22.3 Å². The Morgan fingerprint density at radius 2 is 2.32 bits per heavy atom. The van der Waals surface area contributed by atoms with E-state index in [0.717, 1.165) is 37.1 Å². The quantitative estimate of drug-likeness (QED) is 0.165. The molecule has 0 atom stereocenters. The van der Waals surface area contributed by atoms with Crippen molar-refractivity contribution in [3.63, 3.8) is 0 Å². The summed E-state index contributed by atoms with van der Waals surface area (Å²) in [5.41, 5.74) is 2.82. The fourth-order valence-corrected chi connectivity index (χ4v) is 2.46. The topological polar surface area (TPSA) is 101 Å². The molecule has 0 saturated heterocycles. The lowest BCUT2D eigenvalue weighted by Gasteiger charge is -2.03. The van der Waals surface area contributed by atoms with Gasteiger partial charge in [0.05, 0.1) is 0 Å². The van der Waals surface area contributed by atoms with Crippen molar-refractivity contribution in [3.05, 3.63) is 22.1 Å². The minimum atomic E-state index is -0.151. The monoisotopic (exact) mass is 284 g/mol. The lowest BCUT2D eigenvalue weighted by Crippen LogP contribution is -2.29. The van der Waals surface area contributed by atoms with Gasteiger partial charge in [-0.2, -0.15) is 0 Å². The van der Waals surface area contributed by atoms with Crippen LogP contribution in [0.4, 0.5) is 0 Å². The molecule has 1 rings (SSSR count). The van der Waals surface area contributed by atoms with E-state index in [1.807, 2.05) is 0 Å². The van der Waals surface area contributed by atoms with Gasteiger partial charge in [-0.05, 0) is 19.3 Å². The molecule has 4 N–H and O–H groups in total. The van der Waals surface area contributed by atoms with E-state index in [1.54, 1.807) is 6.07 Å². The number of unbranched alkanes of at least 4 members (excludes halogenated alkanes) is 1. The molecular weight excluding hydrogens is 264 g/mol. The van der Waals surface area contributed by atoms with Gasteiger partial charge in [-0.15, -0.1) is 0 Å². The zero-order chi connectivity index (χ0) is 14.1. The molecule has 1 aromatic rings. The number of rotatable bonds is 8. The zero-order valence-electron chi connectivity index (χ0n) is 11.1. The highest BCUT2D eigenvalue weighted by atomic mass is 32.2. The summed E-state index contributed by atoms with van der Waals surface area (Å²) < 4.78 is 0. The van der Waals surface area contributed by atoms with Gasteiger partial charge in [0.1, 0.15) is 0 Å². The Hall–Kier alpha value is -1.34. The number of H-pyrrole nitrogens is 1. The number of nitrogens with one attached hydrogen (secondary N) is 2. The van der Waals surface area contributed by atoms with E-state index in [9.17, 15) is 9.59 Å². The number of hydrazine groups is 1. The first-order valence-electron chi connectivity index (χ1n) is 6.38. The third-order valence-electron chi connectivity index (χ3n) is 2.48. The number of hydrogen-bond acceptors (Lipinski definition) is 5. The van der Waals surface area contributed by atoms with Crippen molar-refractivity contribution in [2.24, 2.45) is 5.84 Å². The summed E-state index contributed by atoms with van der Waals surface area (Å²) in [5.74, 6) is 5.65. The van der Waals surface area contributed by atoms with Gasteiger partial charge >= 0.3 is 0 Å². The number of aryl methyl sites for hydroxylation is 1. The number of hydrogen-bond donors (Lipinski definition) is 3. The van der Waals surface area contributed by atoms with Gasteiger partial charge in [-0.1, -0.05) is 25.1 Å². The van der Waals surface area contributed by atoms with Crippen LogP contribution in [0.2, 0.25) is 0 Å². The van der Waals surface area contributed by atoms with Crippen LogP contribution in [0.1, 0.15) is 38.3 Å². The summed E-state index contributed by atoms with van der Waals surface area (Å²) in [5, 5.41) is 0.652. The highest BCUT2D eigenvalue weighted by molar-refractivity contribution is 7.99. The first-order chi connectivity index (χ1) is 9.15. The van der Waals surface area contributed by atoms with Crippen LogP contribution in [0.3, 0.4) is 0 Å². The first kappa shape index (κ1) is 15.7. The maximum Gasteiger partial charge on any atom is 0.251 e. The van der Waals surface area contributed by atoms with Gasteiger partial charge in [-0.3, -0.25) is 15.0 Å². The Bertz CT molecular complexity index is 461. The summed E-state index contributed by atoms with van der Waals surface area (Å²) in [6.07, 6.45) is 3.86. The van der Waals surface area contributed by atoms with E-state index in [0.29, 0.717) is 11.6 Å². The lowest BCUT2D eigenvalue weighted by atomic mass is 10.2. The van der Waals surface area contributed by atoms with Crippen LogP contribution in [0, 0.1) is 0 Å². The molecule has 19 heavy (non-hydrogen) atoms. The normalized spacial score (nSPS) is 10.4. The van der Waals surface area contributed by atoms with Gasteiger partial charge in [-0.25, -0.2) is 10.8 Å². The van der Waals surface area contributed by atoms with Crippen LogP contribution < -0.4 is 16.8 Å². The van der Waals surface area contributed by atoms with Gasteiger partial charge in [0.15, 0.2) is 5.16 Å². The van der Waals surface area contributed by atoms with Crippen molar-refractivity contribution in [2.45, 2.75) is 44.2 Å². The average Bonchev–Trinajstić information content (AvgIpc) is 2.37. The average molecular weight is 284 g/mol. The molecule has 0 aliphatic heterocycles. The Labute approximate surface area is 116 Å². The number of nitrogens with zero attached hydrogens (tertiary/aromatic N) is 1. The highest BCUT2D eigenvalue weighted by Crippen LogP contribution is 2.14. The molecule has 106 valence electrons. The summed E-state index contributed by atoms with van der Waals surface area (Å²) in [6.45, 7) is 2.05. The highest BCUT2D eigenvalue weighted by Gasteiger charge is 2.02. The molecule has 0 spiro atoms. The number of carbonyl (C=O) groups excluding carboxylic acids is 1. The fraction of sp³-hybridized carbons (Fsp3) is 0.583. The Morgan fingerprint density at radius 1 is 1.53 bits per heavy atom. The van der Waals surface area contributed by atoms with Crippen LogP contribution in [-0.4, -0.2) is 21.6 Å². The molecular formula is C12H20N4O2S. The Balaban J connectivity index is 2.36. The first-order valence-corrected chi connectivity index (χ1v) is 7.36. The minimum Gasteiger partial charge on any atom is -0.301 e. The number of nitrogens with two attached hydrogens (primary N) is 1. The number of aromatic nitrogens is 2. The zero-order valence-corrected chi connectivity index (χ0v) is 11.9. The van der Waals surface area contributed by atoms with Crippen molar-refractivity contribution < 1.29 is 4.79 Å². The van der Waals surface area contributed by atoms with E-state index in [1.165, 1.54) is 11.8 Å². The molecule has 7 heteroatoms. The molecule has 6 nitrogen and oxygen atoms in total. The standard InChI is InChI=1S/C12H20N4O2S/c1-2-5-9-8-11(18)15-12(14-9)19-7-4-3-6-10(17)16-13/h8H,2-7,13H2,1H3,(H,16,17)(H,14,15,18). The Kier molecular flexibility index (Phi) is 7.20. The molecule has 1 aromatic heterocycles. The second kappa shape index (κ2) is 8.71. The fourth-order valence-electron chi connectivity index (χ4n) is 1.56. The minimum absolute atomic E-state index is 0.108. The van der Waals surface area contributed by atoms with E-state index < -0.39 is 0 Å². The van der Waals surface area contributed by atoms with Crippen LogP contribution in [0.5, 0.6) is 0 Å². The predicted molar refractivity (Wildman–Crippen MR) is 75.8 cm³/mol. The van der Waals surface area contributed by atoms with Gasteiger partial charge < -0.3 is 4.98 Å². The molecule has 0 aliphatic carbocycles. The van der Waals surface area contributed by atoms with Crippen LogP contribution in [0.15, 0.2) is 16.0 Å². The number of aromatic amines is 1. The largest absolute Gasteiger partial charge is 0.301 e. The van der Waals surface area contributed by atoms with E-state index in [-0.39, 0.29) is 11.5 Å². The van der Waals surface area contributed by atoms with Gasteiger partial charge in [0.25, 0.3) is 5.56 Å². The number of carbonyl (C=O) groups is 1. The number of thioether (sulfide) groups is 1. The number of amides is 1. The molecule has 0 aromatic carbocycles. The summed E-state index contributed by atoms with van der Waals surface area (Å²) >= 11 is 1.50. The molecule has 0 fully saturated rings. The lowest BCUT2D eigenvalue weighted by molar-refractivity contribution is -0.121. The van der Waals surface area contributed by atoms with Crippen LogP contribution in [-0.2, 0) is 11.2 Å². The van der Waals surface area contributed by atoms with E-state index in [4.69, 9.17) is 5.84 Å². The molecule has 1 heterocycles. The summed E-state index contributed by atoms with van der Waals surface area (Å²) in [6, 6.07) is 1.54. The molecule has 0 aliphatic rings. The van der Waals surface area contributed by atoms with Crippen molar-refractivity contribution in [1.29, 1.82) is 0 Å². The molecule has 0 saturated carbocycles. The molecule has 1 amide bonds. The van der Waals surface area contributed by atoms with Gasteiger partial charge in [0, 0.05) is 23.9 Å². The predicted octanol–water partition coefficient (Wildman–Crippen LogP) is 0.975. The summed E-state index contributed by atoms with van der Waals surface area (Å²) in [4.78, 5) is 29.4. The third-order valence-corrected chi connectivity index (χ3v) is 3.44. The third kappa shape index (κ3) is 6.40. The molecule has 0 radical (unpaired) electrons. The maximum atomic E-state index is 11.4. The van der Waals surface area contributed by atoms with Crippen LogP contribution >= 0.6 is 11.8 Å². The van der Waals surface area contributed by atoms with Crippen molar-refractivity contribution in [3.8, 4) is 0 Å². The van der Waals surface area contributed by atoms with Crippen molar-refractivity contribution in [2.75, 3.05) is 5.75 Å². The molecule has 0 unspecified atom stereocenters. The van der Waals surface area contributed by atoms with Crippen molar-refractivity contribution in [1.82, 2.24) is 15.4 Å². The second-order valence-electron chi connectivity index (χ2n) is 4.16. The second-order valence-corrected chi connectivity index (χ2v) is 5.25. The summed E-state index contributed by atoms with van der Waals surface area (Å²) in [7, 11) is 0. The van der Waals surface area contributed by atoms with Crippen molar-refractivity contribution >= 4 is 17.7 Å². The van der Waals surface area contributed by atoms with Crippen LogP contribution in [0.25, 0.3) is 0 Å². The maximum absolute atomic E-state index is 11.4. The Morgan fingerprint density at radius 3 is 3.00 bits per heavy atom. The van der Waals surface area contributed by atoms with Gasteiger partial charge in [0.2, 0.25) is 5.91 Å². The molecule has 0 bridgehead atoms. The SMILES string of the molecule is CCCc1cc(=O)[nH]c(SCCCCC(=O)NN)n1. The smallest absolute Gasteiger partial charge is 0.251 e. The van der Waals surface area contributed by atoms with E-state index >= 15 is 0 Å².